The van der Waals surface area contributed by atoms with Gasteiger partial charge in [-0.3, -0.25) is 20.3 Å². The van der Waals surface area contributed by atoms with Gasteiger partial charge in [0.2, 0.25) is 15.9 Å². The Hall–Kier alpha value is -2.66. The van der Waals surface area contributed by atoms with E-state index in [1.54, 1.807) is 24.3 Å². The van der Waals surface area contributed by atoms with Gasteiger partial charge < -0.3 is 15.6 Å². The van der Waals surface area contributed by atoms with Crippen LogP contribution in [0.3, 0.4) is 0 Å². The van der Waals surface area contributed by atoms with Crippen LogP contribution in [0.4, 0.5) is 0 Å². The number of rotatable bonds is 13. The number of nitrogens with two attached hydrogens (primary N) is 1. The molecule has 1 amide bonds. The highest BCUT2D eigenvalue weighted by Gasteiger charge is 2.24. The predicted molar refractivity (Wildman–Crippen MR) is 108 cm³/mol. The number of amides is 1. The Balaban J connectivity index is 2.53. The average molecular weight is 429 g/mol. The van der Waals surface area contributed by atoms with E-state index in [1.807, 2.05) is 6.92 Å². The number of hydrogen-bond acceptors (Lipinski definition) is 6. The predicted octanol–water partition coefficient (Wildman–Crippen LogP) is 0.570. The summed E-state index contributed by atoms with van der Waals surface area (Å²) in [6, 6.07) is 5.37. The van der Waals surface area contributed by atoms with E-state index in [0.29, 0.717) is 30.6 Å². The van der Waals surface area contributed by atoms with E-state index >= 15 is 0 Å². The molecule has 0 aliphatic heterocycles. The van der Waals surface area contributed by atoms with Crippen LogP contribution < -0.4 is 20.5 Å². The van der Waals surface area contributed by atoms with Gasteiger partial charge in [0.15, 0.2) is 5.96 Å². The molecule has 0 aliphatic carbocycles. The zero-order chi connectivity index (χ0) is 21.9. The van der Waals surface area contributed by atoms with Crippen LogP contribution in [0.5, 0.6) is 5.75 Å². The molecule has 0 fully saturated rings. The van der Waals surface area contributed by atoms with Crippen LogP contribution in [0, 0.1) is 5.41 Å². The molecule has 1 aromatic rings. The molecule has 1 atom stereocenters. The first-order chi connectivity index (χ1) is 13.6. The van der Waals surface area contributed by atoms with E-state index in [2.05, 4.69) is 10.0 Å². The minimum atomic E-state index is -3.66. The Morgan fingerprint density at radius 3 is 2.45 bits per heavy atom. The molecule has 1 rings (SSSR count). The Kier molecular flexibility index (Phi) is 10.1. The number of aliphatic carboxylic acids is 1. The number of nitrogens with one attached hydrogen (secondary N) is 3. The maximum atomic E-state index is 12.0. The van der Waals surface area contributed by atoms with Crippen LogP contribution in [0.2, 0.25) is 0 Å². The van der Waals surface area contributed by atoms with Gasteiger partial charge in [0.25, 0.3) is 0 Å². The molecular formula is C18H28N4O6S. The van der Waals surface area contributed by atoms with Crippen molar-refractivity contribution in [2.45, 2.75) is 45.1 Å². The number of carbonyl (C=O) groups excluding carboxylic acids is 1. The van der Waals surface area contributed by atoms with E-state index in [0.717, 1.165) is 0 Å². The van der Waals surface area contributed by atoms with Gasteiger partial charge in [0.1, 0.15) is 11.8 Å². The van der Waals surface area contributed by atoms with Crippen LogP contribution in [0.1, 0.15) is 38.2 Å². The van der Waals surface area contributed by atoms with Gasteiger partial charge in [-0.25, -0.2) is 13.1 Å². The van der Waals surface area contributed by atoms with Crippen LogP contribution in [0.25, 0.3) is 0 Å². The van der Waals surface area contributed by atoms with Gasteiger partial charge >= 0.3 is 5.97 Å². The number of carboxylic acid groups (broad SMARTS) is 1. The Bertz CT molecular complexity index is 795. The van der Waals surface area contributed by atoms with Crippen molar-refractivity contribution in [2.75, 3.05) is 12.4 Å². The fraction of sp³-hybridized carbons (Fsp3) is 0.500. The van der Waals surface area contributed by atoms with Crippen molar-refractivity contribution >= 4 is 27.9 Å². The van der Waals surface area contributed by atoms with Gasteiger partial charge in [0.05, 0.1) is 12.4 Å². The summed E-state index contributed by atoms with van der Waals surface area (Å²) >= 11 is 0. The Labute approximate surface area is 170 Å². The number of benzene rings is 1. The monoisotopic (exact) mass is 428 g/mol. The first-order valence-electron chi connectivity index (χ1n) is 9.21. The number of hydrogen-bond donors (Lipinski definition) is 5. The van der Waals surface area contributed by atoms with Crippen LogP contribution in [-0.2, 0) is 26.0 Å². The van der Waals surface area contributed by atoms with E-state index in [1.165, 1.54) is 0 Å². The highest BCUT2D eigenvalue weighted by atomic mass is 32.2. The Morgan fingerprint density at radius 1 is 1.24 bits per heavy atom. The molecule has 0 unspecified atom stereocenters. The second kappa shape index (κ2) is 12.0. The minimum absolute atomic E-state index is 0.00614. The lowest BCUT2D eigenvalue weighted by Gasteiger charge is -2.15. The lowest BCUT2D eigenvalue weighted by Crippen LogP contribution is -2.43. The average Bonchev–Trinajstić information content (AvgIpc) is 2.63. The van der Waals surface area contributed by atoms with Crippen molar-refractivity contribution in [3.05, 3.63) is 29.8 Å². The quantitative estimate of drug-likeness (QED) is 0.173. The summed E-state index contributed by atoms with van der Waals surface area (Å²) in [5.74, 6) is -1.58. The van der Waals surface area contributed by atoms with E-state index in [-0.39, 0.29) is 31.1 Å². The molecule has 0 saturated carbocycles. The van der Waals surface area contributed by atoms with Gasteiger partial charge in [-0.1, -0.05) is 25.5 Å². The van der Waals surface area contributed by atoms with Gasteiger partial charge in [-0.05, 0) is 37.0 Å². The maximum Gasteiger partial charge on any atom is 0.322 e. The molecule has 6 N–H and O–H groups in total. The molecule has 1 aromatic carbocycles. The van der Waals surface area contributed by atoms with Crippen molar-refractivity contribution in [3.63, 3.8) is 0 Å². The summed E-state index contributed by atoms with van der Waals surface area (Å²) in [6.45, 7) is 2.13. The smallest absolute Gasteiger partial charge is 0.322 e. The first kappa shape index (κ1) is 24.4. The van der Waals surface area contributed by atoms with E-state index < -0.39 is 28.0 Å². The SMILES string of the molecule is CCCCS(=O)(=O)N[C@@H](Cc1ccc(OCCCC(=O)NC(=N)N)cc1)C(=O)O. The van der Waals surface area contributed by atoms with Crippen molar-refractivity contribution in [1.82, 2.24) is 10.0 Å². The van der Waals surface area contributed by atoms with Crippen molar-refractivity contribution in [3.8, 4) is 5.75 Å². The molecule has 0 spiro atoms. The molecule has 10 nitrogen and oxygen atoms in total. The summed E-state index contributed by atoms with van der Waals surface area (Å²) < 4.78 is 31.7. The minimum Gasteiger partial charge on any atom is -0.494 e. The lowest BCUT2D eigenvalue weighted by molar-refractivity contribution is -0.138. The topological polar surface area (TPSA) is 172 Å². The molecule has 0 aromatic heterocycles. The molecule has 0 saturated heterocycles. The largest absolute Gasteiger partial charge is 0.494 e. The summed E-state index contributed by atoms with van der Waals surface area (Å²) in [4.78, 5) is 22.8. The third-order valence-electron chi connectivity index (χ3n) is 3.84. The maximum absolute atomic E-state index is 12.0. The lowest BCUT2D eigenvalue weighted by atomic mass is 10.1. The third-order valence-corrected chi connectivity index (χ3v) is 5.31. The fourth-order valence-electron chi connectivity index (χ4n) is 2.38. The highest BCUT2D eigenvalue weighted by molar-refractivity contribution is 7.89. The van der Waals surface area contributed by atoms with E-state index in [9.17, 15) is 23.1 Å². The van der Waals surface area contributed by atoms with Crippen LogP contribution in [-0.4, -0.2) is 49.8 Å². The van der Waals surface area contributed by atoms with Crippen molar-refractivity contribution in [2.24, 2.45) is 5.73 Å². The first-order valence-corrected chi connectivity index (χ1v) is 10.9. The molecule has 0 bridgehead atoms. The van der Waals surface area contributed by atoms with Crippen molar-refractivity contribution in [1.29, 1.82) is 5.41 Å². The van der Waals surface area contributed by atoms with Gasteiger partial charge in [-0.2, -0.15) is 0 Å². The summed E-state index contributed by atoms with van der Waals surface area (Å²) in [7, 11) is -3.66. The van der Waals surface area contributed by atoms with Crippen LogP contribution in [0.15, 0.2) is 24.3 Å². The number of unbranched alkanes of at least 4 members (excludes halogenated alkanes) is 1. The van der Waals surface area contributed by atoms with E-state index in [4.69, 9.17) is 15.9 Å². The number of guanidine groups is 1. The van der Waals surface area contributed by atoms with Gasteiger partial charge in [0, 0.05) is 6.42 Å². The second-order valence-electron chi connectivity index (χ2n) is 6.44. The second-order valence-corrected chi connectivity index (χ2v) is 8.32. The Morgan fingerprint density at radius 2 is 1.90 bits per heavy atom. The zero-order valence-corrected chi connectivity index (χ0v) is 17.1. The third kappa shape index (κ3) is 10.5. The van der Waals surface area contributed by atoms with Crippen LogP contribution >= 0.6 is 0 Å². The summed E-state index contributed by atoms with van der Waals surface area (Å²) in [5, 5.41) is 18.4. The number of ether oxygens (including phenoxy) is 1. The number of carboxylic acids is 1. The highest BCUT2D eigenvalue weighted by Crippen LogP contribution is 2.14. The molecule has 162 valence electrons. The summed E-state index contributed by atoms with van der Waals surface area (Å²) in [6.07, 6.45) is 1.76. The fourth-order valence-corrected chi connectivity index (χ4v) is 3.79. The normalized spacial score (nSPS) is 12.2. The molecular weight excluding hydrogens is 400 g/mol. The molecule has 0 radical (unpaired) electrons. The molecule has 29 heavy (non-hydrogen) atoms. The molecule has 0 aliphatic rings. The standard InChI is InChI=1S/C18H28N4O6S/c1-2-3-11-29(26,27)22-15(17(24)25)12-13-6-8-14(9-7-13)28-10-4-5-16(23)21-18(19)20/h6-9,15,22H,2-5,10-12H2,1H3,(H,24,25)(H4,19,20,21,23)/t15-/m0/s1. The molecule has 0 heterocycles. The number of carbonyl (C=O) groups is 2. The number of sulfonamides is 1. The zero-order valence-electron chi connectivity index (χ0n) is 16.3. The molecule has 11 heteroatoms. The van der Waals surface area contributed by atoms with Crippen molar-refractivity contribution < 1.29 is 27.9 Å². The summed E-state index contributed by atoms with van der Waals surface area (Å²) in [5.41, 5.74) is 5.70. The van der Waals surface area contributed by atoms with Gasteiger partial charge in [-0.15, -0.1) is 0 Å².